The summed E-state index contributed by atoms with van der Waals surface area (Å²) < 4.78 is 7.56. The van der Waals surface area contributed by atoms with E-state index in [4.69, 9.17) is 4.74 Å². The van der Waals surface area contributed by atoms with E-state index in [1.165, 1.54) is 0 Å². The fourth-order valence-corrected chi connectivity index (χ4v) is 4.43. The van der Waals surface area contributed by atoms with Gasteiger partial charge in [0, 0.05) is 70.0 Å². The summed E-state index contributed by atoms with van der Waals surface area (Å²) in [4.78, 5) is 28.4. The number of piperazine rings is 1. The maximum Gasteiger partial charge on any atom is 0.415 e. The monoisotopic (exact) mass is 440 g/mol. The number of H-pyrrole nitrogens is 1. The number of carbonyl (C=O) groups excluding carboxylic acids is 1. The van der Waals surface area contributed by atoms with Gasteiger partial charge >= 0.3 is 6.09 Å². The van der Waals surface area contributed by atoms with Crippen LogP contribution in [0.15, 0.2) is 54.3 Å². The number of hydrogen-bond donors (Lipinski definition) is 1. The molecule has 0 radical (unpaired) electrons. The minimum absolute atomic E-state index is 0.245. The first kappa shape index (κ1) is 21.5. The molecule has 1 amide bonds. The second kappa shape index (κ2) is 10.0. The first-order valence-electron chi connectivity index (χ1n) is 10.5. The number of ether oxygens (including phenoxy) is 1. The van der Waals surface area contributed by atoms with Gasteiger partial charge in [0.1, 0.15) is 5.75 Å². The van der Waals surface area contributed by atoms with Gasteiger partial charge in [0.2, 0.25) is 0 Å². The highest BCUT2D eigenvalue weighted by Crippen LogP contribution is 2.33. The van der Waals surface area contributed by atoms with E-state index in [2.05, 4.69) is 33.0 Å². The minimum Gasteiger partial charge on any atom is -0.410 e. The second-order valence-electron chi connectivity index (χ2n) is 7.70. The molecule has 4 rings (SSSR count). The molecule has 0 spiro atoms. The molecule has 9 heteroatoms. The predicted molar refractivity (Wildman–Crippen MR) is 120 cm³/mol. The number of aromatic amines is 1. The van der Waals surface area contributed by atoms with Gasteiger partial charge in [-0.05, 0) is 24.6 Å². The fourth-order valence-electron chi connectivity index (χ4n) is 3.55. The number of amides is 1. The number of thioether (sulfide) groups is 1. The van der Waals surface area contributed by atoms with E-state index in [0.29, 0.717) is 18.8 Å². The largest absolute Gasteiger partial charge is 0.415 e. The third kappa shape index (κ3) is 5.89. The van der Waals surface area contributed by atoms with E-state index >= 15 is 0 Å². The van der Waals surface area contributed by atoms with E-state index in [1.807, 2.05) is 48.4 Å². The lowest BCUT2D eigenvalue weighted by Gasteiger charge is -2.33. The molecule has 2 aromatic heterocycles. The van der Waals surface area contributed by atoms with Gasteiger partial charge in [-0.25, -0.2) is 14.8 Å². The molecule has 1 aromatic carbocycles. The Balaban J connectivity index is 1.21. The van der Waals surface area contributed by atoms with Crippen molar-refractivity contribution in [3.63, 3.8) is 0 Å². The summed E-state index contributed by atoms with van der Waals surface area (Å²) in [7, 11) is 1.98. The Kier molecular flexibility index (Phi) is 6.93. The van der Waals surface area contributed by atoms with Crippen molar-refractivity contribution >= 4 is 17.9 Å². The smallest absolute Gasteiger partial charge is 0.410 e. The van der Waals surface area contributed by atoms with Crippen LogP contribution in [0.4, 0.5) is 4.79 Å². The number of rotatable bonds is 7. The van der Waals surface area contributed by atoms with Gasteiger partial charge in [0.05, 0.1) is 12.0 Å². The number of benzene rings is 1. The molecule has 0 aliphatic carbocycles. The van der Waals surface area contributed by atoms with Crippen LogP contribution in [-0.4, -0.2) is 68.1 Å². The Morgan fingerprint density at radius 2 is 1.97 bits per heavy atom. The van der Waals surface area contributed by atoms with Crippen molar-refractivity contribution in [3.05, 3.63) is 60.4 Å². The molecule has 1 atom stereocenters. The SMILES string of the molecule is CC(Sc1ncc[nH]1)c1ccc(OC(=O)N2CCN(CCc3cn(C)cn3)CC2)cc1. The van der Waals surface area contributed by atoms with E-state index in [-0.39, 0.29) is 11.3 Å². The van der Waals surface area contributed by atoms with E-state index in [9.17, 15) is 4.79 Å². The Labute approximate surface area is 186 Å². The quantitative estimate of drug-likeness (QED) is 0.568. The average Bonchev–Trinajstić information content (AvgIpc) is 3.44. The maximum absolute atomic E-state index is 12.5. The van der Waals surface area contributed by atoms with Crippen LogP contribution in [0.25, 0.3) is 0 Å². The second-order valence-corrected chi connectivity index (χ2v) is 9.03. The van der Waals surface area contributed by atoms with Gasteiger partial charge in [0.15, 0.2) is 5.16 Å². The topological polar surface area (TPSA) is 79.3 Å². The Morgan fingerprint density at radius 3 is 2.61 bits per heavy atom. The molecule has 0 saturated carbocycles. The van der Waals surface area contributed by atoms with E-state index < -0.39 is 0 Å². The molecule has 3 aromatic rings. The van der Waals surface area contributed by atoms with Crippen LogP contribution in [0.5, 0.6) is 5.75 Å². The lowest BCUT2D eigenvalue weighted by Crippen LogP contribution is -2.49. The molecule has 1 unspecified atom stereocenters. The molecule has 1 N–H and O–H groups in total. The number of aromatic nitrogens is 4. The van der Waals surface area contributed by atoms with E-state index in [1.54, 1.807) is 22.9 Å². The number of nitrogens with zero attached hydrogens (tertiary/aromatic N) is 5. The normalized spacial score (nSPS) is 15.7. The van der Waals surface area contributed by atoms with Crippen LogP contribution in [0.1, 0.15) is 23.4 Å². The first-order chi connectivity index (χ1) is 15.1. The molecule has 1 fully saturated rings. The first-order valence-corrected chi connectivity index (χ1v) is 11.4. The third-order valence-electron chi connectivity index (χ3n) is 5.39. The Hall–Kier alpha value is -2.78. The van der Waals surface area contributed by atoms with Crippen molar-refractivity contribution in [2.24, 2.45) is 7.05 Å². The molecular formula is C22H28N6O2S. The summed E-state index contributed by atoms with van der Waals surface area (Å²) in [6.07, 6.45) is 8.09. The molecule has 31 heavy (non-hydrogen) atoms. The zero-order valence-corrected chi connectivity index (χ0v) is 18.7. The van der Waals surface area contributed by atoms with Crippen molar-refractivity contribution in [1.82, 2.24) is 29.3 Å². The standard InChI is InChI=1S/C22H28N6O2S/c1-17(31-21-23-8-9-24-21)18-3-5-20(6-4-18)30-22(29)28-13-11-27(12-14-28)10-7-19-15-26(2)16-25-19/h3-6,8-9,15-17H,7,10-14H2,1-2H3,(H,23,24). The van der Waals surface area contributed by atoms with Crippen molar-refractivity contribution in [1.29, 1.82) is 0 Å². The third-order valence-corrected chi connectivity index (χ3v) is 6.46. The van der Waals surface area contributed by atoms with Crippen LogP contribution in [0, 0.1) is 0 Å². The van der Waals surface area contributed by atoms with Gasteiger partial charge in [-0.1, -0.05) is 23.9 Å². The zero-order valence-electron chi connectivity index (χ0n) is 17.9. The van der Waals surface area contributed by atoms with Crippen molar-refractivity contribution < 1.29 is 9.53 Å². The number of aryl methyl sites for hydroxylation is 1. The van der Waals surface area contributed by atoms with Gasteiger partial charge in [-0.15, -0.1) is 0 Å². The fraction of sp³-hybridized carbons (Fsp3) is 0.409. The molecule has 1 aliphatic heterocycles. The predicted octanol–water partition coefficient (Wildman–Crippen LogP) is 3.36. The summed E-state index contributed by atoms with van der Waals surface area (Å²) in [6.45, 7) is 6.13. The molecule has 164 valence electrons. The van der Waals surface area contributed by atoms with Crippen LogP contribution >= 0.6 is 11.8 Å². The lowest BCUT2D eigenvalue weighted by molar-refractivity contribution is 0.111. The summed E-state index contributed by atoms with van der Waals surface area (Å²) in [5, 5.41) is 1.14. The lowest BCUT2D eigenvalue weighted by atomic mass is 10.1. The highest BCUT2D eigenvalue weighted by Gasteiger charge is 2.22. The summed E-state index contributed by atoms with van der Waals surface area (Å²) >= 11 is 1.66. The minimum atomic E-state index is -0.282. The van der Waals surface area contributed by atoms with Crippen LogP contribution in [0.2, 0.25) is 0 Å². The number of carbonyl (C=O) groups is 1. The van der Waals surface area contributed by atoms with E-state index in [0.717, 1.165) is 42.5 Å². The van der Waals surface area contributed by atoms with Gasteiger partial charge in [0.25, 0.3) is 0 Å². The molecule has 1 saturated heterocycles. The van der Waals surface area contributed by atoms with Crippen LogP contribution in [0.3, 0.4) is 0 Å². The highest BCUT2D eigenvalue weighted by molar-refractivity contribution is 7.99. The number of nitrogens with one attached hydrogen (secondary N) is 1. The molecule has 8 nitrogen and oxygen atoms in total. The van der Waals surface area contributed by atoms with Crippen LogP contribution < -0.4 is 4.74 Å². The highest BCUT2D eigenvalue weighted by atomic mass is 32.2. The summed E-state index contributed by atoms with van der Waals surface area (Å²) in [6, 6.07) is 7.71. The van der Waals surface area contributed by atoms with Crippen molar-refractivity contribution in [3.8, 4) is 5.75 Å². The van der Waals surface area contributed by atoms with Gasteiger partial charge in [-0.2, -0.15) is 0 Å². The summed E-state index contributed by atoms with van der Waals surface area (Å²) in [5.41, 5.74) is 2.26. The van der Waals surface area contributed by atoms with Crippen molar-refractivity contribution in [2.75, 3.05) is 32.7 Å². The van der Waals surface area contributed by atoms with Crippen molar-refractivity contribution in [2.45, 2.75) is 23.8 Å². The van der Waals surface area contributed by atoms with Crippen LogP contribution in [-0.2, 0) is 13.5 Å². The Bertz CT molecular complexity index is 964. The number of hydrogen-bond acceptors (Lipinski definition) is 6. The zero-order chi connectivity index (χ0) is 21.6. The van der Waals surface area contributed by atoms with Gasteiger partial charge in [-0.3, -0.25) is 4.90 Å². The molecule has 3 heterocycles. The summed E-state index contributed by atoms with van der Waals surface area (Å²) in [5.74, 6) is 0.571. The van der Waals surface area contributed by atoms with Gasteiger partial charge < -0.3 is 19.2 Å². The number of imidazole rings is 2. The Morgan fingerprint density at radius 1 is 1.19 bits per heavy atom. The molecule has 0 bridgehead atoms. The average molecular weight is 441 g/mol. The molecular weight excluding hydrogens is 412 g/mol. The maximum atomic E-state index is 12.5. The molecule has 1 aliphatic rings.